The second kappa shape index (κ2) is 2.21. The van der Waals surface area contributed by atoms with Gasteiger partial charge in [0.25, 0.3) is 0 Å². The van der Waals surface area contributed by atoms with E-state index in [0.29, 0.717) is 12.8 Å². The van der Waals surface area contributed by atoms with Gasteiger partial charge in [-0.05, 0) is 0 Å². The number of carbonyl (C=O) groups is 1. The molecular weight excluding hydrogens is 132 g/mol. The molecule has 0 saturated heterocycles. The molecule has 0 aliphatic heterocycles. The minimum absolute atomic E-state index is 0.0763. The van der Waals surface area contributed by atoms with Crippen molar-refractivity contribution in [2.75, 3.05) is 7.11 Å². The summed E-state index contributed by atoms with van der Waals surface area (Å²) in [5.74, 6) is -0.406. The number of rotatable bonds is 2. The Kier molecular flexibility index (Phi) is 1.66. The summed E-state index contributed by atoms with van der Waals surface area (Å²) in [5.41, 5.74) is 9.82. The molecule has 58 valence electrons. The van der Waals surface area contributed by atoms with Gasteiger partial charge in [-0.2, -0.15) is 0 Å². The molecule has 4 nitrogen and oxygen atoms in total. The number of methoxy groups -OCH3 is 1. The van der Waals surface area contributed by atoms with Crippen molar-refractivity contribution in [1.82, 2.24) is 0 Å². The van der Waals surface area contributed by atoms with E-state index in [1.54, 1.807) is 0 Å². The lowest BCUT2D eigenvalue weighted by atomic mass is 9.75. The summed E-state index contributed by atoms with van der Waals surface area (Å²) in [4.78, 5) is 10.7. The Morgan fingerprint density at radius 2 is 2.20 bits per heavy atom. The van der Waals surface area contributed by atoms with Gasteiger partial charge in [-0.25, -0.2) is 0 Å². The summed E-state index contributed by atoms with van der Waals surface area (Å²) in [6.45, 7) is 0. The topological polar surface area (TPSA) is 78.3 Å². The Bertz CT molecular complexity index is 152. The largest absolute Gasteiger partial charge is 0.368 e. The van der Waals surface area contributed by atoms with Crippen molar-refractivity contribution in [1.29, 1.82) is 0 Å². The summed E-state index contributed by atoms with van der Waals surface area (Å²) in [7, 11) is 1.48. The van der Waals surface area contributed by atoms with Gasteiger partial charge in [0.2, 0.25) is 5.91 Å². The maximum atomic E-state index is 10.7. The highest BCUT2D eigenvalue weighted by Crippen LogP contribution is 2.33. The zero-order chi connectivity index (χ0) is 7.78. The maximum absolute atomic E-state index is 10.7. The molecule has 0 spiro atoms. The van der Waals surface area contributed by atoms with Crippen LogP contribution in [0.5, 0.6) is 0 Å². The molecule has 4 N–H and O–H groups in total. The molecule has 1 aliphatic rings. The van der Waals surface area contributed by atoms with Gasteiger partial charge in [-0.15, -0.1) is 0 Å². The van der Waals surface area contributed by atoms with E-state index in [-0.39, 0.29) is 6.04 Å². The Labute approximate surface area is 59.5 Å². The van der Waals surface area contributed by atoms with Gasteiger partial charge in [-0.3, -0.25) is 4.79 Å². The normalized spacial score (nSPS) is 38.8. The SMILES string of the molecule is COC1(C(N)=O)CC(N)C1. The lowest BCUT2D eigenvalue weighted by Gasteiger charge is -2.41. The van der Waals surface area contributed by atoms with Gasteiger partial charge in [0, 0.05) is 26.0 Å². The first-order valence-corrected chi connectivity index (χ1v) is 3.21. The average molecular weight is 144 g/mol. The zero-order valence-corrected chi connectivity index (χ0v) is 5.96. The number of carbonyl (C=O) groups excluding carboxylic acids is 1. The predicted molar refractivity (Wildman–Crippen MR) is 36.1 cm³/mol. The van der Waals surface area contributed by atoms with Crippen LogP contribution in [-0.2, 0) is 9.53 Å². The fourth-order valence-corrected chi connectivity index (χ4v) is 1.26. The number of amides is 1. The molecule has 1 fully saturated rings. The minimum atomic E-state index is -0.751. The predicted octanol–water partition coefficient (Wildman–Crippen LogP) is -1.02. The average Bonchev–Trinajstić information content (AvgIpc) is 1.79. The fourth-order valence-electron chi connectivity index (χ4n) is 1.26. The molecular formula is C6H12N2O2. The molecule has 0 unspecified atom stereocenters. The second-order valence-electron chi connectivity index (χ2n) is 2.73. The molecule has 0 heterocycles. The van der Waals surface area contributed by atoms with Gasteiger partial charge in [0.1, 0.15) is 5.60 Å². The lowest BCUT2D eigenvalue weighted by Crippen LogP contribution is -2.60. The van der Waals surface area contributed by atoms with Gasteiger partial charge in [0.15, 0.2) is 0 Å². The van der Waals surface area contributed by atoms with Crippen LogP contribution in [0.3, 0.4) is 0 Å². The van der Waals surface area contributed by atoms with Crippen molar-refractivity contribution in [2.24, 2.45) is 11.5 Å². The molecule has 1 amide bonds. The standard InChI is InChI=1S/C6H12N2O2/c1-10-6(5(8)9)2-4(7)3-6/h4H,2-3,7H2,1H3,(H2,8,9). The highest BCUT2D eigenvalue weighted by molar-refractivity contribution is 5.84. The third-order valence-corrected chi connectivity index (χ3v) is 2.02. The Hall–Kier alpha value is -0.610. The first kappa shape index (κ1) is 7.50. The van der Waals surface area contributed by atoms with Gasteiger partial charge < -0.3 is 16.2 Å². The molecule has 1 saturated carbocycles. The number of hydrogen-bond donors (Lipinski definition) is 2. The van der Waals surface area contributed by atoms with Crippen LogP contribution in [0.25, 0.3) is 0 Å². The molecule has 1 aliphatic carbocycles. The van der Waals surface area contributed by atoms with E-state index in [0.717, 1.165) is 0 Å². The molecule has 0 aromatic rings. The molecule has 4 heteroatoms. The number of hydrogen-bond acceptors (Lipinski definition) is 3. The van der Waals surface area contributed by atoms with Crippen molar-refractivity contribution in [3.05, 3.63) is 0 Å². The minimum Gasteiger partial charge on any atom is -0.368 e. The second-order valence-corrected chi connectivity index (χ2v) is 2.73. The van der Waals surface area contributed by atoms with Crippen LogP contribution in [0.1, 0.15) is 12.8 Å². The third kappa shape index (κ3) is 0.892. The Morgan fingerprint density at radius 1 is 1.70 bits per heavy atom. The summed E-state index contributed by atoms with van der Waals surface area (Å²) in [6.07, 6.45) is 1.11. The molecule has 0 bridgehead atoms. The Morgan fingerprint density at radius 3 is 2.30 bits per heavy atom. The molecule has 0 radical (unpaired) electrons. The number of ether oxygens (including phenoxy) is 1. The van der Waals surface area contributed by atoms with Crippen molar-refractivity contribution < 1.29 is 9.53 Å². The van der Waals surface area contributed by atoms with Crippen LogP contribution in [0, 0.1) is 0 Å². The van der Waals surface area contributed by atoms with E-state index >= 15 is 0 Å². The van der Waals surface area contributed by atoms with Crippen molar-refractivity contribution in [3.63, 3.8) is 0 Å². The molecule has 0 aromatic heterocycles. The van der Waals surface area contributed by atoms with Gasteiger partial charge in [0.05, 0.1) is 0 Å². The summed E-state index contributed by atoms with van der Waals surface area (Å²) < 4.78 is 4.95. The van der Waals surface area contributed by atoms with Crippen LogP contribution in [-0.4, -0.2) is 24.7 Å². The van der Waals surface area contributed by atoms with Crippen molar-refractivity contribution in [2.45, 2.75) is 24.5 Å². The monoisotopic (exact) mass is 144 g/mol. The number of nitrogens with two attached hydrogens (primary N) is 2. The Balaban J connectivity index is 2.56. The van der Waals surface area contributed by atoms with Crippen LogP contribution >= 0.6 is 0 Å². The zero-order valence-electron chi connectivity index (χ0n) is 5.96. The fraction of sp³-hybridized carbons (Fsp3) is 0.833. The van der Waals surface area contributed by atoms with Crippen molar-refractivity contribution in [3.8, 4) is 0 Å². The maximum Gasteiger partial charge on any atom is 0.249 e. The highest BCUT2D eigenvalue weighted by atomic mass is 16.5. The smallest absolute Gasteiger partial charge is 0.249 e. The van der Waals surface area contributed by atoms with E-state index in [1.165, 1.54) is 7.11 Å². The van der Waals surface area contributed by atoms with Gasteiger partial charge >= 0.3 is 0 Å². The van der Waals surface area contributed by atoms with E-state index in [1.807, 2.05) is 0 Å². The van der Waals surface area contributed by atoms with E-state index < -0.39 is 11.5 Å². The molecule has 0 aromatic carbocycles. The van der Waals surface area contributed by atoms with E-state index in [9.17, 15) is 4.79 Å². The summed E-state index contributed by atoms with van der Waals surface area (Å²) in [6, 6.07) is 0.0763. The van der Waals surface area contributed by atoms with E-state index in [4.69, 9.17) is 16.2 Å². The third-order valence-electron chi connectivity index (χ3n) is 2.02. The van der Waals surface area contributed by atoms with Crippen LogP contribution < -0.4 is 11.5 Å². The summed E-state index contributed by atoms with van der Waals surface area (Å²) >= 11 is 0. The molecule has 0 atom stereocenters. The molecule has 1 rings (SSSR count). The van der Waals surface area contributed by atoms with Crippen LogP contribution in [0.2, 0.25) is 0 Å². The van der Waals surface area contributed by atoms with Crippen LogP contribution in [0.15, 0.2) is 0 Å². The number of primary amides is 1. The first-order valence-electron chi connectivity index (χ1n) is 3.21. The molecule has 10 heavy (non-hydrogen) atoms. The van der Waals surface area contributed by atoms with Gasteiger partial charge in [-0.1, -0.05) is 0 Å². The first-order chi connectivity index (χ1) is 4.60. The quantitative estimate of drug-likeness (QED) is 0.520. The van der Waals surface area contributed by atoms with Crippen molar-refractivity contribution >= 4 is 5.91 Å². The van der Waals surface area contributed by atoms with Crippen LogP contribution in [0.4, 0.5) is 0 Å². The lowest BCUT2D eigenvalue weighted by molar-refractivity contribution is -0.152. The summed E-state index contributed by atoms with van der Waals surface area (Å²) in [5, 5.41) is 0. The highest BCUT2D eigenvalue weighted by Gasteiger charge is 2.47. The van der Waals surface area contributed by atoms with E-state index in [2.05, 4.69) is 0 Å².